The number of anilines is 2. The van der Waals surface area contributed by atoms with Crippen molar-refractivity contribution in [1.29, 1.82) is 0 Å². The number of alkyl halides is 3. The van der Waals surface area contributed by atoms with Gasteiger partial charge in [-0.3, -0.25) is 9.69 Å². The minimum atomic E-state index is -4.51. The van der Waals surface area contributed by atoms with Gasteiger partial charge in [-0.1, -0.05) is 19.3 Å². The lowest BCUT2D eigenvalue weighted by atomic mass is 10.1. The molecule has 0 aliphatic carbocycles. The van der Waals surface area contributed by atoms with Crippen molar-refractivity contribution < 1.29 is 26.7 Å². The molecule has 0 saturated carbocycles. The summed E-state index contributed by atoms with van der Waals surface area (Å²) in [5.74, 6) is -1.87. The topological polar surface area (TPSA) is 59.2 Å². The van der Waals surface area contributed by atoms with Gasteiger partial charge in [-0.15, -0.1) is 23.7 Å². The molecule has 35 heavy (non-hydrogen) atoms. The van der Waals surface area contributed by atoms with Crippen LogP contribution < -0.4 is 10.6 Å². The van der Waals surface area contributed by atoms with Crippen LogP contribution in [-0.4, -0.2) is 17.4 Å². The molecule has 1 heterocycles. The maximum atomic E-state index is 14.2. The molecule has 3 rings (SSSR count). The van der Waals surface area contributed by atoms with E-state index in [0.717, 1.165) is 61.3 Å². The summed E-state index contributed by atoms with van der Waals surface area (Å²) in [4.78, 5) is 18.7. The van der Waals surface area contributed by atoms with Crippen molar-refractivity contribution in [2.75, 3.05) is 11.4 Å². The zero-order valence-electron chi connectivity index (χ0n) is 18.7. The highest BCUT2D eigenvalue weighted by Crippen LogP contribution is 2.36. The first-order valence-electron chi connectivity index (χ1n) is 10.8. The Kier molecular flexibility index (Phi) is 10.6. The molecule has 0 atom stereocenters. The Morgan fingerprint density at radius 3 is 2.26 bits per heavy atom. The predicted molar refractivity (Wildman–Crippen MR) is 130 cm³/mol. The van der Waals surface area contributed by atoms with Crippen molar-refractivity contribution in [3.05, 3.63) is 65.0 Å². The van der Waals surface area contributed by atoms with Crippen LogP contribution in [0.5, 0.6) is 0 Å². The summed E-state index contributed by atoms with van der Waals surface area (Å²) in [5.41, 5.74) is 5.12. The largest absolute Gasteiger partial charge is 0.416 e. The van der Waals surface area contributed by atoms with Gasteiger partial charge in [0.25, 0.3) is 0 Å². The molecule has 4 nitrogen and oxygen atoms in total. The van der Waals surface area contributed by atoms with Crippen molar-refractivity contribution in [3.63, 3.8) is 0 Å². The van der Waals surface area contributed by atoms with Gasteiger partial charge in [-0.2, -0.15) is 13.2 Å². The normalized spacial score (nSPS) is 11.3. The molecule has 0 fully saturated rings. The first kappa shape index (κ1) is 28.7. The molecule has 0 bridgehead atoms. The minimum absolute atomic E-state index is 0. The second kappa shape index (κ2) is 12.9. The molecular formula is C24H25ClF5N3OS. The van der Waals surface area contributed by atoms with Crippen LogP contribution in [0.4, 0.5) is 32.8 Å². The molecule has 2 N–H and O–H groups in total. The molecular weight excluding hydrogens is 509 g/mol. The maximum Gasteiger partial charge on any atom is 0.416 e. The number of carbonyl (C=O) groups is 1. The van der Waals surface area contributed by atoms with Gasteiger partial charge in [0, 0.05) is 23.4 Å². The number of unbranched alkanes of at least 4 members (excludes halogenated alkanes) is 4. The van der Waals surface area contributed by atoms with E-state index in [1.54, 1.807) is 0 Å². The fourth-order valence-electron chi connectivity index (χ4n) is 3.41. The molecule has 0 saturated heterocycles. The Morgan fingerprint density at radius 1 is 0.971 bits per heavy atom. The fraction of sp³-hybridized carbons (Fsp3) is 0.333. The van der Waals surface area contributed by atoms with E-state index in [1.165, 1.54) is 28.5 Å². The number of amides is 1. The molecule has 11 heteroatoms. The zero-order valence-corrected chi connectivity index (χ0v) is 20.3. The van der Waals surface area contributed by atoms with E-state index in [2.05, 4.69) is 4.98 Å². The molecule has 1 amide bonds. The number of hydrogen-bond donors (Lipinski definition) is 1. The lowest BCUT2D eigenvalue weighted by Crippen LogP contribution is -2.25. The first-order valence-corrected chi connectivity index (χ1v) is 11.7. The van der Waals surface area contributed by atoms with Crippen LogP contribution in [-0.2, 0) is 11.0 Å². The fourth-order valence-corrected chi connectivity index (χ4v) is 4.27. The van der Waals surface area contributed by atoms with Crippen molar-refractivity contribution >= 4 is 40.5 Å². The second-order valence-electron chi connectivity index (χ2n) is 7.72. The number of halogens is 6. The highest BCUT2D eigenvalue weighted by atomic mass is 35.5. The summed E-state index contributed by atoms with van der Waals surface area (Å²) < 4.78 is 66.4. The third-order valence-electron chi connectivity index (χ3n) is 5.19. The van der Waals surface area contributed by atoms with E-state index >= 15 is 0 Å². The molecule has 0 aliphatic heterocycles. The van der Waals surface area contributed by atoms with Crippen LogP contribution in [0, 0.1) is 11.6 Å². The average molecular weight is 534 g/mol. The number of aromatic nitrogens is 1. The van der Waals surface area contributed by atoms with Gasteiger partial charge in [-0.25, -0.2) is 13.8 Å². The molecule has 1 aromatic heterocycles. The molecule has 0 unspecified atom stereocenters. The van der Waals surface area contributed by atoms with Crippen molar-refractivity contribution in [3.8, 4) is 11.3 Å². The van der Waals surface area contributed by atoms with E-state index in [0.29, 0.717) is 13.0 Å². The van der Waals surface area contributed by atoms with E-state index in [1.807, 2.05) is 0 Å². The van der Waals surface area contributed by atoms with Crippen LogP contribution in [0.25, 0.3) is 11.3 Å². The highest BCUT2D eigenvalue weighted by molar-refractivity contribution is 7.14. The number of hydrogen-bond acceptors (Lipinski definition) is 4. The monoisotopic (exact) mass is 533 g/mol. The van der Waals surface area contributed by atoms with Gasteiger partial charge >= 0.3 is 6.18 Å². The van der Waals surface area contributed by atoms with Gasteiger partial charge in [0.15, 0.2) is 5.13 Å². The third-order valence-corrected chi connectivity index (χ3v) is 6.01. The Balaban J connectivity index is 0.00000432. The number of nitrogens with zero attached hydrogens (tertiary/aromatic N) is 2. The average Bonchev–Trinajstić information content (AvgIpc) is 3.25. The number of nitrogens with two attached hydrogens (primary N) is 1. The van der Waals surface area contributed by atoms with Crippen LogP contribution in [0.2, 0.25) is 0 Å². The van der Waals surface area contributed by atoms with Gasteiger partial charge in [0.1, 0.15) is 11.6 Å². The Labute approximate surface area is 210 Å². The van der Waals surface area contributed by atoms with E-state index < -0.39 is 23.4 Å². The van der Waals surface area contributed by atoms with Gasteiger partial charge in [-0.05, 0) is 55.8 Å². The van der Waals surface area contributed by atoms with E-state index in [-0.39, 0.29) is 46.8 Å². The molecule has 0 radical (unpaired) electrons. The van der Waals surface area contributed by atoms with Crippen molar-refractivity contribution in [2.45, 2.75) is 44.7 Å². The number of thiazole rings is 1. The predicted octanol–water partition coefficient (Wildman–Crippen LogP) is 7.49. The van der Waals surface area contributed by atoms with Crippen LogP contribution in [0.3, 0.4) is 0 Å². The smallest absolute Gasteiger partial charge is 0.330 e. The molecule has 0 aliphatic rings. The van der Waals surface area contributed by atoms with E-state index in [9.17, 15) is 26.7 Å². The van der Waals surface area contributed by atoms with Crippen molar-refractivity contribution in [2.24, 2.45) is 5.73 Å². The SMILES string of the molecule is Cl.NCCCCCCCC(=O)N(c1ccc(C(F)(F)F)cc1)c1nc(-c2ccc(F)cc2F)cs1. The number of benzene rings is 2. The summed E-state index contributed by atoms with van der Waals surface area (Å²) in [5, 5.41) is 1.70. The Hall–Kier alpha value is -2.56. The lowest BCUT2D eigenvalue weighted by molar-refractivity contribution is -0.137. The summed E-state index contributed by atoms with van der Waals surface area (Å²) in [6, 6.07) is 7.30. The highest BCUT2D eigenvalue weighted by Gasteiger charge is 2.31. The Morgan fingerprint density at radius 2 is 1.63 bits per heavy atom. The molecule has 2 aromatic carbocycles. The summed E-state index contributed by atoms with van der Waals surface area (Å²) in [7, 11) is 0. The van der Waals surface area contributed by atoms with Crippen LogP contribution in [0.1, 0.15) is 44.1 Å². The summed E-state index contributed by atoms with van der Waals surface area (Å²) in [6.45, 7) is 0.613. The zero-order chi connectivity index (χ0) is 24.7. The van der Waals surface area contributed by atoms with Crippen LogP contribution >= 0.6 is 23.7 Å². The summed E-state index contributed by atoms with van der Waals surface area (Å²) >= 11 is 1.05. The van der Waals surface area contributed by atoms with Gasteiger partial charge in [0.2, 0.25) is 5.91 Å². The maximum absolute atomic E-state index is 14.2. The Bertz CT molecular complexity index is 1110. The molecule has 3 aromatic rings. The van der Waals surface area contributed by atoms with Gasteiger partial charge < -0.3 is 5.73 Å². The van der Waals surface area contributed by atoms with E-state index in [4.69, 9.17) is 5.73 Å². The summed E-state index contributed by atoms with van der Waals surface area (Å²) in [6.07, 6.45) is -0.119. The molecule has 190 valence electrons. The lowest BCUT2D eigenvalue weighted by Gasteiger charge is -2.21. The van der Waals surface area contributed by atoms with Crippen LogP contribution in [0.15, 0.2) is 47.8 Å². The third kappa shape index (κ3) is 7.71. The van der Waals surface area contributed by atoms with Gasteiger partial charge in [0.05, 0.1) is 16.9 Å². The minimum Gasteiger partial charge on any atom is -0.330 e. The second-order valence-corrected chi connectivity index (χ2v) is 8.56. The standard InChI is InChI=1S/C24H24F5N3OS.ClH/c25-17-9-12-19(20(26)14-17)21-15-34-23(31-21)32(22(33)6-4-2-1-3-5-13-30)18-10-7-16(8-11-18)24(27,28)29;/h7-12,14-15H,1-6,13,30H2;1H. The molecule has 0 spiro atoms. The van der Waals surface area contributed by atoms with Crippen molar-refractivity contribution in [1.82, 2.24) is 4.98 Å². The quantitative estimate of drug-likeness (QED) is 0.217. The first-order chi connectivity index (χ1) is 16.2. The number of carbonyl (C=O) groups excluding carboxylic acids is 1. The number of rotatable bonds is 10.